The number of thiazole rings is 1. The molecule has 0 saturated heterocycles. The van der Waals surface area contributed by atoms with Crippen LogP contribution in [0.2, 0.25) is 0 Å². The van der Waals surface area contributed by atoms with E-state index >= 15 is 0 Å². The van der Waals surface area contributed by atoms with Gasteiger partial charge in [-0.25, -0.2) is 9.97 Å². The van der Waals surface area contributed by atoms with E-state index in [1.165, 1.54) is 0 Å². The Morgan fingerprint density at radius 1 is 1.13 bits per heavy atom. The van der Waals surface area contributed by atoms with E-state index in [-0.39, 0.29) is 5.91 Å². The number of pyridine rings is 1. The van der Waals surface area contributed by atoms with Crippen LogP contribution in [-0.2, 0) is 6.42 Å². The van der Waals surface area contributed by atoms with Crippen molar-refractivity contribution in [2.75, 3.05) is 6.54 Å². The number of furan rings is 1. The third-order valence-corrected chi connectivity index (χ3v) is 5.97. The lowest BCUT2D eigenvalue weighted by atomic mass is 10.1. The number of hydrogen-bond acceptors (Lipinski definition) is 7. The van der Waals surface area contributed by atoms with Crippen molar-refractivity contribution in [1.29, 1.82) is 0 Å². The Bertz CT molecular complexity index is 1200. The molecule has 1 N–H and O–H groups in total. The van der Waals surface area contributed by atoms with Gasteiger partial charge in [0.2, 0.25) is 0 Å². The van der Waals surface area contributed by atoms with Gasteiger partial charge in [-0.05, 0) is 59.1 Å². The molecule has 0 fully saturated rings. The van der Waals surface area contributed by atoms with Gasteiger partial charge in [0.05, 0.1) is 27.3 Å². The summed E-state index contributed by atoms with van der Waals surface area (Å²) in [5.41, 5.74) is 4.06. The molecule has 0 spiro atoms. The van der Waals surface area contributed by atoms with Crippen molar-refractivity contribution in [1.82, 2.24) is 20.4 Å². The van der Waals surface area contributed by atoms with Crippen molar-refractivity contribution in [3.8, 4) is 11.3 Å². The van der Waals surface area contributed by atoms with Gasteiger partial charge < -0.3 is 14.3 Å². The minimum atomic E-state index is -0.155. The van der Waals surface area contributed by atoms with E-state index in [1.807, 2.05) is 33.8 Å². The fourth-order valence-electron chi connectivity index (χ4n) is 3.51. The molecule has 0 aliphatic carbocycles. The number of aryl methyl sites for hydroxylation is 5. The van der Waals surface area contributed by atoms with Gasteiger partial charge in [0.1, 0.15) is 11.5 Å². The van der Waals surface area contributed by atoms with Crippen molar-refractivity contribution in [2.24, 2.45) is 0 Å². The van der Waals surface area contributed by atoms with Crippen molar-refractivity contribution in [3.05, 3.63) is 51.0 Å². The minimum absolute atomic E-state index is 0.155. The molecule has 156 valence electrons. The highest BCUT2D eigenvalue weighted by atomic mass is 32.1. The van der Waals surface area contributed by atoms with Crippen LogP contribution < -0.4 is 5.32 Å². The van der Waals surface area contributed by atoms with E-state index < -0.39 is 0 Å². The van der Waals surface area contributed by atoms with Crippen LogP contribution in [0.5, 0.6) is 0 Å². The van der Waals surface area contributed by atoms with Crippen LogP contribution in [0.25, 0.3) is 22.4 Å². The Balaban J connectivity index is 1.49. The van der Waals surface area contributed by atoms with E-state index in [1.54, 1.807) is 17.4 Å². The van der Waals surface area contributed by atoms with Crippen LogP contribution >= 0.6 is 11.3 Å². The zero-order valence-corrected chi connectivity index (χ0v) is 18.4. The topological polar surface area (TPSA) is 94.1 Å². The van der Waals surface area contributed by atoms with Gasteiger partial charge in [0.25, 0.3) is 11.6 Å². The summed E-state index contributed by atoms with van der Waals surface area (Å²) in [6, 6.07) is 3.70. The Morgan fingerprint density at radius 2 is 1.97 bits per heavy atom. The average Bonchev–Trinajstić information content (AvgIpc) is 3.39. The van der Waals surface area contributed by atoms with Gasteiger partial charge in [-0.1, -0.05) is 5.16 Å². The van der Waals surface area contributed by atoms with Crippen molar-refractivity contribution >= 4 is 28.3 Å². The quantitative estimate of drug-likeness (QED) is 0.423. The molecule has 30 heavy (non-hydrogen) atoms. The standard InChI is InChI=1S/C22H24N4O3S/c1-12-11-30-19(24-12)7-5-6-8-23-21(27)17-10-18(16-9-13(2)28-15(16)4)25-22-20(17)14(3)26-29-22/h9-11H,5-8H2,1-4H3,(H,23,27). The molecule has 4 heterocycles. The van der Waals surface area contributed by atoms with Gasteiger partial charge >= 0.3 is 0 Å². The molecule has 0 saturated carbocycles. The van der Waals surface area contributed by atoms with Gasteiger partial charge in [-0.3, -0.25) is 4.79 Å². The molecular formula is C22H24N4O3S. The number of aromatic nitrogens is 3. The smallest absolute Gasteiger partial charge is 0.259 e. The Kier molecular flexibility index (Phi) is 5.67. The van der Waals surface area contributed by atoms with E-state index in [2.05, 4.69) is 25.8 Å². The molecule has 4 aromatic rings. The maximum atomic E-state index is 13.0. The normalized spacial score (nSPS) is 11.3. The highest BCUT2D eigenvalue weighted by Crippen LogP contribution is 2.30. The van der Waals surface area contributed by atoms with E-state index in [4.69, 9.17) is 8.94 Å². The molecule has 4 aromatic heterocycles. The minimum Gasteiger partial charge on any atom is -0.466 e. The third-order valence-electron chi connectivity index (χ3n) is 4.95. The second-order valence-electron chi connectivity index (χ2n) is 7.43. The molecule has 0 radical (unpaired) electrons. The number of unbranched alkanes of at least 4 members (excludes halogenated alkanes) is 1. The molecule has 0 atom stereocenters. The summed E-state index contributed by atoms with van der Waals surface area (Å²) in [4.78, 5) is 22.0. The number of hydrogen-bond donors (Lipinski definition) is 1. The Labute approximate surface area is 178 Å². The Morgan fingerprint density at radius 3 is 2.67 bits per heavy atom. The Hall–Kier alpha value is -3.00. The van der Waals surface area contributed by atoms with Gasteiger partial charge in [0, 0.05) is 23.2 Å². The second kappa shape index (κ2) is 8.39. The fourth-order valence-corrected chi connectivity index (χ4v) is 4.33. The molecule has 0 unspecified atom stereocenters. The molecule has 0 aliphatic rings. The molecule has 0 aliphatic heterocycles. The first kappa shape index (κ1) is 20.3. The molecule has 0 bridgehead atoms. The highest BCUT2D eigenvalue weighted by Gasteiger charge is 2.20. The van der Waals surface area contributed by atoms with Crippen LogP contribution in [0.4, 0.5) is 0 Å². The van der Waals surface area contributed by atoms with Gasteiger partial charge in [0.15, 0.2) is 0 Å². The van der Waals surface area contributed by atoms with E-state index in [0.29, 0.717) is 34.6 Å². The lowest BCUT2D eigenvalue weighted by Gasteiger charge is -2.08. The maximum Gasteiger partial charge on any atom is 0.259 e. The molecule has 8 heteroatoms. The van der Waals surface area contributed by atoms with Crippen molar-refractivity contribution in [3.63, 3.8) is 0 Å². The molecule has 0 aromatic carbocycles. The average molecular weight is 425 g/mol. The highest BCUT2D eigenvalue weighted by molar-refractivity contribution is 7.09. The summed E-state index contributed by atoms with van der Waals surface area (Å²) in [5.74, 6) is 1.39. The first-order valence-electron chi connectivity index (χ1n) is 9.96. The fraction of sp³-hybridized carbons (Fsp3) is 0.364. The maximum absolute atomic E-state index is 13.0. The largest absolute Gasteiger partial charge is 0.466 e. The number of nitrogens with one attached hydrogen (secondary N) is 1. The first-order valence-corrected chi connectivity index (χ1v) is 10.8. The van der Waals surface area contributed by atoms with Crippen molar-refractivity contribution < 1.29 is 13.7 Å². The lowest BCUT2D eigenvalue weighted by Crippen LogP contribution is -2.25. The van der Waals surface area contributed by atoms with Crippen LogP contribution in [-0.4, -0.2) is 27.6 Å². The number of rotatable bonds is 7. The summed E-state index contributed by atoms with van der Waals surface area (Å²) < 4.78 is 11.0. The molecule has 4 rings (SSSR count). The summed E-state index contributed by atoms with van der Waals surface area (Å²) in [7, 11) is 0. The van der Waals surface area contributed by atoms with Crippen LogP contribution in [0.1, 0.15) is 51.1 Å². The summed E-state index contributed by atoms with van der Waals surface area (Å²) >= 11 is 1.69. The number of amides is 1. The number of fused-ring (bicyclic) bond motifs is 1. The zero-order valence-electron chi connectivity index (χ0n) is 17.5. The third kappa shape index (κ3) is 4.14. The monoisotopic (exact) mass is 424 g/mol. The summed E-state index contributed by atoms with van der Waals surface area (Å²) in [6.07, 6.45) is 2.79. The van der Waals surface area contributed by atoms with E-state index in [9.17, 15) is 4.79 Å². The molecule has 7 nitrogen and oxygen atoms in total. The zero-order chi connectivity index (χ0) is 21.3. The SMILES string of the molecule is Cc1csc(CCCCNC(=O)c2cc(-c3cc(C)oc3C)nc3onc(C)c23)n1. The van der Waals surface area contributed by atoms with Crippen LogP contribution in [0.15, 0.2) is 26.5 Å². The summed E-state index contributed by atoms with van der Waals surface area (Å²) in [6.45, 7) is 8.17. The van der Waals surface area contributed by atoms with Gasteiger partial charge in [-0.2, -0.15) is 0 Å². The van der Waals surface area contributed by atoms with Crippen LogP contribution in [0, 0.1) is 27.7 Å². The number of carbonyl (C=O) groups is 1. The predicted octanol–water partition coefficient (Wildman–Crippen LogP) is 4.93. The van der Waals surface area contributed by atoms with Gasteiger partial charge in [-0.15, -0.1) is 11.3 Å². The van der Waals surface area contributed by atoms with Crippen LogP contribution in [0.3, 0.4) is 0 Å². The number of carbonyl (C=O) groups excluding carboxylic acids is 1. The van der Waals surface area contributed by atoms with E-state index in [0.717, 1.165) is 47.0 Å². The number of nitrogens with zero attached hydrogens (tertiary/aromatic N) is 3. The molecule has 1 amide bonds. The lowest BCUT2D eigenvalue weighted by molar-refractivity contribution is 0.0954. The summed E-state index contributed by atoms with van der Waals surface area (Å²) in [5, 5.41) is 10.9. The second-order valence-corrected chi connectivity index (χ2v) is 8.37. The van der Waals surface area contributed by atoms with Crippen molar-refractivity contribution in [2.45, 2.75) is 47.0 Å². The first-order chi connectivity index (χ1) is 14.4. The predicted molar refractivity (Wildman–Crippen MR) is 116 cm³/mol. The molecular weight excluding hydrogens is 400 g/mol.